The van der Waals surface area contributed by atoms with E-state index in [4.69, 9.17) is 34.8 Å². The summed E-state index contributed by atoms with van der Waals surface area (Å²) in [6.45, 7) is 0. The van der Waals surface area contributed by atoms with Gasteiger partial charge in [0.2, 0.25) is 0 Å². The molecule has 0 heterocycles. The molecule has 3 aromatic rings. The highest BCUT2D eigenvalue weighted by Gasteiger charge is 2.20. The van der Waals surface area contributed by atoms with Gasteiger partial charge in [0, 0.05) is 17.7 Å². The summed E-state index contributed by atoms with van der Waals surface area (Å²) < 4.78 is 27.8. The molecule has 0 unspecified atom stereocenters. The number of sulfonamides is 1. The molecule has 0 saturated heterocycles. The molecule has 0 fully saturated rings. The normalized spacial score (nSPS) is 11.1. The summed E-state index contributed by atoms with van der Waals surface area (Å²) in [6.07, 6.45) is 0. The summed E-state index contributed by atoms with van der Waals surface area (Å²) in [6, 6.07) is 13.3. The van der Waals surface area contributed by atoms with E-state index in [1.807, 2.05) is 0 Å². The first-order chi connectivity index (χ1) is 14.6. The van der Waals surface area contributed by atoms with Gasteiger partial charge in [0.05, 0.1) is 36.3 Å². The number of anilines is 2. The summed E-state index contributed by atoms with van der Waals surface area (Å²) in [5, 5.41) is 13.8. The van der Waals surface area contributed by atoms with Crippen LogP contribution in [0.2, 0.25) is 15.1 Å². The highest BCUT2D eigenvalue weighted by molar-refractivity contribution is 7.92. The maximum atomic E-state index is 12.7. The third kappa shape index (κ3) is 5.26. The van der Waals surface area contributed by atoms with Crippen molar-refractivity contribution in [3.05, 3.63) is 91.4 Å². The lowest BCUT2D eigenvalue weighted by Crippen LogP contribution is -2.17. The third-order valence-corrected chi connectivity index (χ3v) is 6.56. The van der Waals surface area contributed by atoms with E-state index in [2.05, 4.69) is 10.0 Å². The molecule has 31 heavy (non-hydrogen) atoms. The number of carbonyl (C=O) groups is 1. The first-order valence-corrected chi connectivity index (χ1v) is 11.0. The van der Waals surface area contributed by atoms with Crippen LogP contribution in [0.1, 0.15) is 10.4 Å². The number of nitro benzene ring substituents is 1. The van der Waals surface area contributed by atoms with Gasteiger partial charge in [-0.3, -0.25) is 19.6 Å². The van der Waals surface area contributed by atoms with Crippen LogP contribution >= 0.6 is 34.8 Å². The van der Waals surface area contributed by atoms with Gasteiger partial charge < -0.3 is 5.32 Å². The molecule has 2 N–H and O–H groups in total. The van der Waals surface area contributed by atoms with Gasteiger partial charge in [0.1, 0.15) is 0 Å². The van der Waals surface area contributed by atoms with Crippen LogP contribution in [-0.4, -0.2) is 19.2 Å². The molecule has 3 rings (SSSR count). The molecule has 0 aliphatic carbocycles. The molecular formula is C19H12Cl3N3O5S. The molecule has 1 amide bonds. The van der Waals surface area contributed by atoms with Crippen molar-refractivity contribution in [2.75, 3.05) is 10.0 Å². The average Bonchev–Trinajstić information content (AvgIpc) is 2.73. The third-order valence-electron chi connectivity index (χ3n) is 4.00. The molecule has 0 aliphatic rings. The van der Waals surface area contributed by atoms with E-state index in [0.717, 1.165) is 6.07 Å². The number of nitro groups is 1. The minimum atomic E-state index is -4.18. The van der Waals surface area contributed by atoms with Gasteiger partial charge in [-0.25, -0.2) is 8.42 Å². The largest absolute Gasteiger partial charge is 0.320 e. The molecule has 0 bridgehead atoms. The molecule has 0 aromatic heterocycles. The van der Waals surface area contributed by atoms with Gasteiger partial charge in [-0.1, -0.05) is 53.0 Å². The zero-order chi connectivity index (χ0) is 22.8. The van der Waals surface area contributed by atoms with Crippen LogP contribution in [0.5, 0.6) is 0 Å². The van der Waals surface area contributed by atoms with E-state index in [-0.39, 0.29) is 42.6 Å². The molecular weight excluding hydrogens is 489 g/mol. The van der Waals surface area contributed by atoms with Crippen LogP contribution in [0, 0.1) is 10.1 Å². The second-order valence-corrected chi connectivity index (χ2v) is 8.99. The molecule has 3 aromatic carbocycles. The van der Waals surface area contributed by atoms with Crippen molar-refractivity contribution in [2.24, 2.45) is 0 Å². The number of para-hydroxylation sites is 2. The van der Waals surface area contributed by atoms with Crippen molar-refractivity contribution in [1.82, 2.24) is 0 Å². The Hall–Kier alpha value is -2.85. The number of nitrogens with zero attached hydrogens (tertiary/aromatic N) is 1. The Labute approximate surface area is 191 Å². The minimum absolute atomic E-state index is 0.0495. The van der Waals surface area contributed by atoms with Crippen LogP contribution in [0.4, 0.5) is 17.1 Å². The average molecular weight is 501 g/mol. The van der Waals surface area contributed by atoms with Crippen molar-refractivity contribution in [1.29, 1.82) is 0 Å². The van der Waals surface area contributed by atoms with E-state index >= 15 is 0 Å². The number of hydrogen-bond donors (Lipinski definition) is 2. The molecule has 0 saturated carbocycles. The highest BCUT2D eigenvalue weighted by Crippen LogP contribution is 2.32. The Balaban J connectivity index is 1.89. The molecule has 0 spiro atoms. The SMILES string of the molecule is O=C(Nc1ccccc1NS(=O)(=O)c1cccc([N+](=O)[O-])c1)c1cc(Cl)c(Cl)c(Cl)c1. The van der Waals surface area contributed by atoms with Crippen LogP contribution in [0.3, 0.4) is 0 Å². The van der Waals surface area contributed by atoms with E-state index in [1.165, 1.54) is 42.5 Å². The predicted molar refractivity (Wildman–Crippen MR) is 120 cm³/mol. The van der Waals surface area contributed by atoms with Gasteiger partial charge >= 0.3 is 0 Å². The van der Waals surface area contributed by atoms with Crippen molar-refractivity contribution in [2.45, 2.75) is 4.90 Å². The van der Waals surface area contributed by atoms with Gasteiger partial charge in [-0.2, -0.15) is 0 Å². The number of hydrogen-bond acceptors (Lipinski definition) is 5. The van der Waals surface area contributed by atoms with Crippen LogP contribution in [0.15, 0.2) is 65.6 Å². The quantitative estimate of drug-likeness (QED) is 0.259. The smallest absolute Gasteiger partial charge is 0.270 e. The maximum Gasteiger partial charge on any atom is 0.270 e. The van der Waals surface area contributed by atoms with E-state index in [0.29, 0.717) is 0 Å². The van der Waals surface area contributed by atoms with Gasteiger partial charge in [0.25, 0.3) is 21.6 Å². The minimum Gasteiger partial charge on any atom is -0.320 e. The Morgan fingerprint density at radius 3 is 2.13 bits per heavy atom. The fraction of sp³-hybridized carbons (Fsp3) is 0. The predicted octanol–water partition coefficient (Wildman–Crippen LogP) is 5.61. The Bertz CT molecular complexity index is 1280. The Kier molecular flexibility index (Phi) is 6.71. The first-order valence-electron chi connectivity index (χ1n) is 8.40. The van der Waals surface area contributed by atoms with E-state index in [9.17, 15) is 23.3 Å². The Morgan fingerprint density at radius 2 is 1.52 bits per heavy atom. The first kappa shape index (κ1) is 22.8. The fourth-order valence-corrected chi connectivity index (χ4v) is 4.25. The van der Waals surface area contributed by atoms with E-state index in [1.54, 1.807) is 12.1 Å². The Morgan fingerprint density at radius 1 is 0.903 bits per heavy atom. The molecule has 8 nitrogen and oxygen atoms in total. The van der Waals surface area contributed by atoms with E-state index < -0.39 is 20.9 Å². The summed E-state index contributed by atoms with van der Waals surface area (Å²) in [4.78, 5) is 22.5. The second kappa shape index (κ2) is 9.11. The standard InChI is InChI=1S/C19H12Cl3N3O5S/c20-14-8-11(9-15(21)18(14)22)19(26)23-16-6-1-2-7-17(16)24-31(29,30)13-5-3-4-12(10-13)25(27)28/h1-10,24H,(H,23,26). The number of rotatable bonds is 6. The van der Waals surface area contributed by atoms with Crippen molar-refractivity contribution >= 4 is 67.8 Å². The fourth-order valence-electron chi connectivity index (χ4n) is 2.53. The van der Waals surface area contributed by atoms with Crippen molar-refractivity contribution < 1.29 is 18.1 Å². The second-order valence-electron chi connectivity index (χ2n) is 6.11. The van der Waals surface area contributed by atoms with Gasteiger partial charge in [-0.15, -0.1) is 0 Å². The number of nitrogens with one attached hydrogen (secondary N) is 2. The summed E-state index contributed by atoms with van der Waals surface area (Å²) in [5.74, 6) is -0.609. The molecule has 160 valence electrons. The zero-order valence-corrected chi connectivity index (χ0v) is 18.4. The lowest BCUT2D eigenvalue weighted by atomic mass is 10.2. The lowest BCUT2D eigenvalue weighted by molar-refractivity contribution is -0.385. The molecule has 0 aliphatic heterocycles. The molecule has 12 heteroatoms. The highest BCUT2D eigenvalue weighted by atomic mass is 35.5. The van der Waals surface area contributed by atoms with Gasteiger partial charge in [-0.05, 0) is 30.3 Å². The molecule has 0 atom stereocenters. The summed E-state index contributed by atoms with van der Waals surface area (Å²) >= 11 is 17.8. The van der Waals surface area contributed by atoms with Crippen molar-refractivity contribution in [3.8, 4) is 0 Å². The van der Waals surface area contributed by atoms with Crippen LogP contribution in [0.25, 0.3) is 0 Å². The lowest BCUT2D eigenvalue weighted by Gasteiger charge is -2.14. The number of carbonyl (C=O) groups excluding carboxylic acids is 1. The monoisotopic (exact) mass is 499 g/mol. The topological polar surface area (TPSA) is 118 Å². The zero-order valence-electron chi connectivity index (χ0n) is 15.3. The number of amides is 1. The maximum absolute atomic E-state index is 12.7. The molecule has 0 radical (unpaired) electrons. The van der Waals surface area contributed by atoms with Crippen LogP contribution < -0.4 is 10.0 Å². The van der Waals surface area contributed by atoms with Gasteiger partial charge in [0.15, 0.2) is 0 Å². The number of benzene rings is 3. The van der Waals surface area contributed by atoms with Crippen molar-refractivity contribution in [3.63, 3.8) is 0 Å². The number of halogens is 3. The number of non-ortho nitro benzene ring substituents is 1. The van der Waals surface area contributed by atoms with Crippen LogP contribution in [-0.2, 0) is 10.0 Å². The summed E-state index contributed by atoms with van der Waals surface area (Å²) in [7, 11) is -4.18. The summed E-state index contributed by atoms with van der Waals surface area (Å²) in [5.41, 5.74) is -0.0751.